The lowest BCUT2D eigenvalue weighted by Crippen LogP contribution is -2.30. The molecule has 0 saturated heterocycles. The van der Waals surface area contributed by atoms with Gasteiger partial charge in [-0.3, -0.25) is 0 Å². The fraction of sp³-hybridized carbons (Fsp3) is 0.538. The van der Waals surface area contributed by atoms with E-state index in [0.29, 0.717) is 6.04 Å². The van der Waals surface area contributed by atoms with Gasteiger partial charge in [0.15, 0.2) is 0 Å². The summed E-state index contributed by atoms with van der Waals surface area (Å²) in [6, 6.07) is 6.53. The highest BCUT2D eigenvalue weighted by Gasteiger charge is 2.01. The van der Waals surface area contributed by atoms with E-state index in [9.17, 15) is 0 Å². The van der Waals surface area contributed by atoms with Gasteiger partial charge in [0.1, 0.15) is 0 Å². The highest BCUT2D eigenvalue weighted by Crippen LogP contribution is 2.22. The summed E-state index contributed by atoms with van der Waals surface area (Å²) in [6.07, 6.45) is 1.16. The minimum Gasteiger partial charge on any atom is -0.384 e. The van der Waals surface area contributed by atoms with Gasteiger partial charge in [-0.15, -0.1) is 0 Å². The third-order valence-electron chi connectivity index (χ3n) is 2.81. The smallest absolute Gasteiger partial charge is 0.0455 e. The number of benzene rings is 1. The molecule has 0 aromatic heterocycles. The Bertz CT molecular complexity index is 326. The van der Waals surface area contributed by atoms with Crippen LogP contribution in [0.5, 0.6) is 0 Å². The monoisotopic (exact) mass is 240 g/mol. The van der Waals surface area contributed by atoms with Gasteiger partial charge in [-0.05, 0) is 38.0 Å². The van der Waals surface area contributed by atoms with Crippen LogP contribution < -0.4 is 10.6 Å². The average Bonchev–Trinajstić information content (AvgIpc) is 2.29. The standard InChI is InChI=1S/C13H21ClN2/c1-4-10(2)15-8-9-16-13-7-5-6-12(14)11(13)3/h5-7,10,15-16H,4,8-9H2,1-3H3. The van der Waals surface area contributed by atoms with E-state index in [1.165, 1.54) is 0 Å². The molecular weight excluding hydrogens is 220 g/mol. The molecule has 2 N–H and O–H groups in total. The summed E-state index contributed by atoms with van der Waals surface area (Å²) >= 11 is 6.04. The van der Waals surface area contributed by atoms with Crippen molar-refractivity contribution in [3.8, 4) is 0 Å². The Hall–Kier alpha value is -0.730. The highest BCUT2D eigenvalue weighted by molar-refractivity contribution is 6.31. The van der Waals surface area contributed by atoms with Gasteiger partial charge in [-0.1, -0.05) is 24.6 Å². The first-order valence-electron chi connectivity index (χ1n) is 5.87. The van der Waals surface area contributed by atoms with Crippen LogP contribution in [-0.2, 0) is 0 Å². The number of nitrogens with one attached hydrogen (secondary N) is 2. The molecule has 1 aromatic rings. The predicted octanol–water partition coefficient (Wildman–Crippen LogP) is 3.45. The normalized spacial score (nSPS) is 12.5. The Morgan fingerprint density at radius 2 is 2.06 bits per heavy atom. The first kappa shape index (κ1) is 13.3. The van der Waals surface area contributed by atoms with Crippen LogP contribution in [0.4, 0.5) is 5.69 Å². The molecule has 3 heteroatoms. The van der Waals surface area contributed by atoms with E-state index in [0.717, 1.165) is 35.8 Å². The van der Waals surface area contributed by atoms with Crippen molar-refractivity contribution in [2.45, 2.75) is 33.2 Å². The third-order valence-corrected chi connectivity index (χ3v) is 3.22. The average molecular weight is 241 g/mol. The molecule has 0 aliphatic heterocycles. The summed E-state index contributed by atoms with van der Waals surface area (Å²) < 4.78 is 0. The van der Waals surface area contributed by atoms with Gasteiger partial charge >= 0.3 is 0 Å². The van der Waals surface area contributed by atoms with Crippen molar-refractivity contribution in [1.82, 2.24) is 5.32 Å². The van der Waals surface area contributed by atoms with E-state index >= 15 is 0 Å². The molecule has 0 heterocycles. The lowest BCUT2D eigenvalue weighted by atomic mass is 10.2. The fourth-order valence-corrected chi connectivity index (χ4v) is 1.63. The first-order valence-corrected chi connectivity index (χ1v) is 6.25. The number of hydrogen-bond donors (Lipinski definition) is 2. The van der Waals surface area contributed by atoms with Gasteiger partial charge in [0, 0.05) is 29.8 Å². The SMILES string of the molecule is CCC(C)NCCNc1cccc(Cl)c1C. The summed E-state index contributed by atoms with van der Waals surface area (Å²) in [6.45, 7) is 8.32. The molecule has 0 aliphatic carbocycles. The van der Waals surface area contributed by atoms with Crippen LogP contribution in [0.1, 0.15) is 25.8 Å². The van der Waals surface area contributed by atoms with Crippen molar-refractivity contribution in [1.29, 1.82) is 0 Å². The summed E-state index contributed by atoms with van der Waals surface area (Å²) in [4.78, 5) is 0. The fourth-order valence-electron chi connectivity index (χ4n) is 1.46. The Balaban J connectivity index is 2.35. The van der Waals surface area contributed by atoms with E-state index in [1.54, 1.807) is 0 Å². The third kappa shape index (κ3) is 4.03. The zero-order valence-electron chi connectivity index (χ0n) is 10.3. The lowest BCUT2D eigenvalue weighted by molar-refractivity contribution is 0.546. The van der Waals surface area contributed by atoms with Crippen LogP contribution in [0.25, 0.3) is 0 Å². The van der Waals surface area contributed by atoms with Gasteiger partial charge in [-0.2, -0.15) is 0 Å². The van der Waals surface area contributed by atoms with Crippen LogP contribution in [0.2, 0.25) is 5.02 Å². The molecule has 16 heavy (non-hydrogen) atoms. The first-order chi connectivity index (χ1) is 7.65. The number of rotatable bonds is 6. The van der Waals surface area contributed by atoms with Crippen LogP contribution >= 0.6 is 11.6 Å². The van der Waals surface area contributed by atoms with Gasteiger partial charge < -0.3 is 10.6 Å². The number of anilines is 1. The molecule has 0 fully saturated rings. The van der Waals surface area contributed by atoms with Crippen molar-refractivity contribution in [3.63, 3.8) is 0 Å². The molecule has 0 aliphatic rings. The van der Waals surface area contributed by atoms with Gasteiger partial charge in [0.25, 0.3) is 0 Å². The van der Waals surface area contributed by atoms with Gasteiger partial charge in [0.05, 0.1) is 0 Å². The second kappa shape index (κ2) is 6.77. The number of halogens is 1. The largest absolute Gasteiger partial charge is 0.384 e. The molecule has 0 saturated carbocycles. The van der Waals surface area contributed by atoms with E-state index in [-0.39, 0.29) is 0 Å². The minimum atomic E-state index is 0.585. The molecule has 0 spiro atoms. The van der Waals surface area contributed by atoms with Crippen molar-refractivity contribution in [2.75, 3.05) is 18.4 Å². The number of hydrogen-bond acceptors (Lipinski definition) is 2. The van der Waals surface area contributed by atoms with Crippen molar-refractivity contribution >= 4 is 17.3 Å². The van der Waals surface area contributed by atoms with Crippen LogP contribution in [-0.4, -0.2) is 19.1 Å². The topological polar surface area (TPSA) is 24.1 Å². The van der Waals surface area contributed by atoms with Crippen LogP contribution in [0, 0.1) is 6.92 Å². The van der Waals surface area contributed by atoms with Crippen LogP contribution in [0.15, 0.2) is 18.2 Å². The Morgan fingerprint density at radius 1 is 1.31 bits per heavy atom. The van der Waals surface area contributed by atoms with Gasteiger partial charge in [-0.25, -0.2) is 0 Å². The zero-order valence-corrected chi connectivity index (χ0v) is 11.1. The Kier molecular flexibility index (Phi) is 5.64. The van der Waals surface area contributed by atoms with E-state index in [2.05, 4.69) is 30.5 Å². The summed E-state index contributed by atoms with van der Waals surface area (Å²) in [5.74, 6) is 0. The highest BCUT2D eigenvalue weighted by atomic mass is 35.5. The zero-order chi connectivity index (χ0) is 12.0. The lowest BCUT2D eigenvalue weighted by Gasteiger charge is -2.13. The maximum absolute atomic E-state index is 6.04. The molecule has 1 atom stereocenters. The molecule has 1 unspecified atom stereocenters. The van der Waals surface area contributed by atoms with Crippen molar-refractivity contribution < 1.29 is 0 Å². The summed E-state index contributed by atoms with van der Waals surface area (Å²) in [7, 11) is 0. The molecule has 1 aromatic carbocycles. The maximum atomic E-state index is 6.04. The minimum absolute atomic E-state index is 0.585. The maximum Gasteiger partial charge on any atom is 0.0455 e. The van der Waals surface area contributed by atoms with Crippen LogP contribution in [0.3, 0.4) is 0 Å². The molecule has 0 bridgehead atoms. The van der Waals surface area contributed by atoms with E-state index < -0.39 is 0 Å². The second-order valence-electron chi connectivity index (χ2n) is 4.10. The van der Waals surface area contributed by atoms with Crippen molar-refractivity contribution in [2.24, 2.45) is 0 Å². The molecule has 0 amide bonds. The Labute approximate surface area is 103 Å². The molecular formula is C13H21ClN2. The molecule has 1 rings (SSSR count). The summed E-state index contributed by atoms with van der Waals surface area (Å²) in [5, 5.41) is 7.65. The molecule has 90 valence electrons. The van der Waals surface area contributed by atoms with E-state index in [4.69, 9.17) is 11.6 Å². The molecule has 2 nitrogen and oxygen atoms in total. The predicted molar refractivity (Wildman–Crippen MR) is 72.4 cm³/mol. The quantitative estimate of drug-likeness (QED) is 0.745. The Morgan fingerprint density at radius 3 is 2.75 bits per heavy atom. The summed E-state index contributed by atoms with van der Waals surface area (Å²) in [5.41, 5.74) is 2.24. The second-order valence-corrected chi connectivity index (χ2v) is 4.51. The van der Waals surface area contributed by atoms with E-state index in [1.807, 2.05) is 19.1 Å². The molecule has 0 radical (unpaired) electrons. The van der Waals surface area contributed by atoms with Crippen molar-refractivity contribution in [3.05, 3.63) is 28.8 Å². The van der Waals surface area contributed by atoms with Gasteiger partial charge in [0.2, 0.25) is 0 Å².